The molecule has 0 aliphatic carbocycles. The standard InChI is InChI=1S/C9H12ClNO2/c10-7-2-1-3-8(4-7)11-5-9(13)6-12/h1-4,9,11-13H,5-6H2/t9-/m0/s1. The zero-order valence-corrected chi connectivity index (χ0v) is 7.83. The molecule has 13 heavy (non-hydrogen) atoms. The Bertz CT molecular complexity index is 268. The molecule has 0 amide bonds. The Morgan fingerprint density at radius 2 is 2.23 bits per heavy atom. The smallest absolute Gasteiger partial charge is 0.0942 e. The van der Waals surface area contributed by atoms with Gasteiger partial charge in [-0.1, -0.05) is 17.7 Å². The van der Waals surface area contributed by atoms with Gasteiger partial charge in [-0.15, -0.1) is 0 Å². The monoisotopic (exact) mass is 201 g/mol. The van der Waals surface area contributed by atoms with Crippen molar-refractivity contribution in [1.29, 1.82) is 0 Å². The van der Waals surface area contributed by atoms with Gasteiger partial charge in [0.25, 0.3) is 0 Å². The van der Waals surface area contributed by atoms with Gasteiger partial charge in [-0.2, -0.15) is 0 Å². The molecule has 0 saturated heterocycles. The van der Waals surface area contributed by atoms with Gasteiger partial charge in [0.1, 0.15) is 0 Å². The number of aliphatic hydroxyl groups excluding tert-OH is 2. The van der Waals surface area contributed by atoms with Gasteiger partial charge in [0.05, 0.1) is 12.7 Å². The van der Waals surface area contributed by atoms with Crippen LogP contribution in [0.2, 0.25) is 5.02 Å². The van der Waals surface area contributed by atoms with Gasteiger partial charge >= 0.3 is 0 Å². The Balaban J connectivity index is 2.45. The van der Waals surface area contributed by atoms with Gasteiger partial charge < -0.3 is 15.5 Å². The molecule has 1 rings (SSSR count). The fourth-order valence-corrected chi connectivity index (χ4v) is 1.09. The van der Waals surface area contributed by atoms with E-state index in [1.165, 1.54) is 0 Å². The largest absolute Gasteiger partial charge is 0.394 e. The topological polar surface area (TPSA) is 52.5 Å². The summed E-state index contributed by atoms with van der Waals surface area (Å²) in [5.74, 6) is 0. The summed E-state index contributed by atoms with van der Waals surface area (Å²) in [5, 5.41) is 21.2. The number of rotatable bonds is 4. The van der Waals surface area contributed by atoms with Crippen molar-refractivity contribution in [1.82, 2.24) is 0 Å². The van der Waals surface area contributed by atoms with Crippen molar-refractivity contribution in [2.24, 2.45) is 0 Å². The molecule has 0 aromatic heterocycles. The van der Waals surface area contributed by atoms with Gasteiger partial charge in [-0.3, -0.25) is 0 Å². The molecule has 0 saturated carbocycles. The molecule has 1 aromatic carbocycles. The Morgan fingerprint density at radius 1 is 1.46 bits per heavy atom. The van der Waals surface area contributed by atoms with Crippen LogP contribution in [-0.4, -0.2) is 29.5 Å². The summed E-state index contributed by atoms with van der Waals surface area (Å²) in [7, 11) is 0. The maximum Gasteiger partial charge on any atom is 0.0942 e. The Kier molecular flexibility index (Phi) is 4.02. The molecular formula is C9H12ClNO2. The van der Waals surface area contributed by atoms with Crippen LogP contribution in [0.1, 0.15) is 0 Å². The molecule has 4 heteroatoms. The van der Waals surface area contributed by atoms with E-state index in [1.54, 1.807) is 12.1 Å². The van der Waals surface area contributed by atoms with Gasteiger partial charge in [0, 0.05) is 17.3 Å². The van der Waals surface area contributed by atoms with Crippen molar-refractivity contribution in [2.45, 2.75) is 6.10 Å². The lowest BCUT2D eigenvalue weighted by Gasteiger charge is -2.09. The normalized spacial score (nSPS) is 12.5. The number of anilines is 1. The minimum atomic E-state index is -0.737. The Labute approximate surface area is 82.0 Å². The molecule has 1 aromatic rings. The van der Waals surface area contributed by atoms with Crippen LogP contribution in [0.15, 0.2) is 24.3 Å². The van der Waals surface area contributed by atoms with E-state index in [4.69, 9.17) is 21.8 Å². The maximum absolute atomic E-state index is 9.04. The second-order valence-electron chi connectivity index (χ2n) is 2.73. The van der Waals surface area contributed by atoms with E-state index in [-0.39, 0.29) is 6.61 Å². The second-order valence-corrected chi connectivity index (χ2v) is 3.16. The SMILES string of the molecule is OC[C@@H](O)CNc1cccc(Cl)c1. The first-order valence-corrected chi connectivity index (χ1v) is 4.38. The summed E-state index contributed by atoms with van der Waals surface area (Å²) >= 11 is 5.74. The van der Waals surface area contributed by atoms with Crippen molar-refractivity contribution in [2.75, 3.05) is 18.5 Å². The zero-order chi connectivity index (χ0) is 9.68. The van der Waals surface area contributed by atoms with E-state index in [2.05, 4.69) is 5.32 Å². The number of nitrogens with one attached hydrogen (secondary N) is 1. The highest BCUT2D eigenvalue weighted by molar-refractivity contribution is 6.30. The van der Waals surface area contributed by atoms with Crippen molar-refractivity contribution in [3.05, 3.63) is 29.3 Å². The molecule has 3 nitrogen and oxygen atoms in total. The third-order valence-electron chi connectivity index (χ3n) is 1.58. The molecule has 0 heterocycles. The lowest BCUT2D eigenvalue weighted by atomic mass is 10.3. The maximum atomic E-state index is 9.04. The molecule has 0 unspecified atom stereocenters. The van der Waals surface area contributed by atoms with Crippen LogP contribution in [0.3, 0.4) is 0 Å². The Hall–Kier alpha value is -0.770. The molecular weight excluding hydrogens is 190 g/mol. The van der Waals surface area contributed by atoms with Crippen LogP contribution in [-0.2, 0) is 0 Å². The van der Waals surface area contributed by atoms with Gasteiger partial charge in [-0.25, -0.2) is 0 Å². The minimum absolute atomic E-state index is 0.242. The molecule has 3 N–H and O–H groups in total. The van der Waals surface area contributed by atoms with E-state index < -0.39 is 6.10 Å². The number of halogens is 1. The number of hydrogen-bond acceptors (Lipinski definition) is 3. The van der Waals surface area contributed by atoms with Crippen LogP contribution in [0.5, 0.6) is 0 Å². The first-order valence-electron chi connectivity index (χ1n) is 4.00. The molecule has 0 fully saturated rings. The van der Waals surface area contributed by atoms with Crippen molar-refractivity contribution < 1.29 is 10.2 Å². The molecule has 0 radical (unpaired) electrons. The zero-order valence-electron chi connectivity index (χ0n) is 7.07. The average Bonchev–Trinajstić information content (AvgIpc) is 2.14. The first kappa shape index (κ1) is 10.3. The molecule has 0 aliphatic heterocycles. The molecule has 0 aliphatic rings. The predicted molar refractivity (Wildman–Crippen MR) is 53.0 cm³/mol. The lowest BCUT2D eigenvalue weighted by molar-refractivity contribution is 0.105. The van der Waals surface area contributed by atoms with Gasteiger partial charge in [-0.05, 0) is 18.2 Å². The third kappa shape index (κ3) is 3.63. The summed E-state index contributed by atoms with van der Waals surface area (Å²) < 4.78 is 0. The fraction of sp³-hybridized carbons (Fsp3) is 0.333. The number of benzene rings is 1. The molecule has 72 valence electrons. The fourth-order valence-electron chi connectivity index (χ4n) is 0.899. The van der Waals surface area contributed by atoms with E-state index in [1.807, 2.05) is 12.1 Å². The number of hydrogen-bond donors (Lipinski definition) is 3. The summed E-state index contributed by atoms with van der Waals surface area (Å²) in [4.78, 5) is 0. The highest BCUT2D eigenvalue weighted by Crippen LogP contribution is 2.14. The quantitative estimate of drug-likeness (QED) is 0.684. The average molecular weight is 202 g/mol. The highest BCUT2D eigenvalue weighted by atomic mass is 35.5. The van der Waals surface area contributed by atoms with Crippen LogP contribution in [0.4, 0.5) is 5.69 Å². The third-order valence-corrected chi connectivity index (χ3v) is 1.81. The van der Waals surface area contributed by atoms with Crippen LogP contribution in [0.25, 0.3) is 0 Å². The van der Waals surface area contributed by atoms with Crippen molar-refractivity contribution >= 4 is 17.3 Å². The molecule has 1 atom stereocenters. The van der Waals surface area contributed by atoms with Crippen molar-refractivity contribution in [3.8, 4) is 0 Å². The second kappa shape index (κ2) is 5.07. The van der Waals surface area contributed by atoms with Gasteiger partial charge in [0.2, 0.25) is 0 Å². The van der Waals surface area contributed by atoms with Crippen LogP contribution >= 0.6 is 11.6 Å². The predicted octanol–water partition coefficient (Wildman–Crippen LogP) is 1.11. The summed E-state index contributed by atoms with van der Waals surface area (Å²) in [6.45, 7) is 0.0738. The van der Waals surface area contributed by atoms with Crippen LogP contribution < -0.4 is 5.32 Å². The van der Waals surface area contributed by atoms with Gasteiger partial charge in [0.15, 0.2) is 0 Å². The number of aliphatic hydroxyl groups is 2. The lowest BCUT2D eigenvalue weighted by Crippen LogP contribution is -2.22. The minimum Gasteiger partial charge on any atom is -0.394 e. The first-order chi connectivity index (χ1) is 6.22. The van der Waals surface area contributed by atoms with E-state index in [0.29, 0.717) is 11.6 Å². The molecule has 0 spiro atoms. The Morgan fingerprint density at radius 3 is 2.85 bits per heavy atom. The van der Waals surface area contributed by atoms with Crippen molar-refractivity contribution in [3.63, 3.8) is 0 Å². The van der Waals surface area contributed by atoms with Crippen LogP contribution in [0, 0.1) is 0 Å². The molecule has 0 bridgehead atoms. The van der Waals surface area contributed by atoms with E-state index in [9.17, 15) is 0 Å². The van der Waals surface area contributed by atoms with E-state index >= 15 is 0 Å². The highest BCUT2D eigenvalue weighted by Gasteiger charge is 2.00. The summed E-state index contributed by atoms with van der Waals surface area (Å²) in [6.07, 6.45) is -0.737. The van der Waals surface area contributed by atoms with E-state index in [0.717, 1.165) is 5.69 Å². The summed E-state index contributed by atoms with van der Waals surface area (Å²) in [5.41, 5.74) is 0.833. The summed E-state index contributed by atoms with van der Waals surface area (Å²) in [6, 6.07) is 7.19.